The Morgan fingerprint density at radius 3 is 2.24 bits per heavy atom. The minimum absolute atomic E-state index is 0.277. The summed E-state index contributed by atoms with van der Waals surface area (Å²) in [6.07, 6.45) is -0.654. The minimum atomic E-state index is -1.11. The summed E-state index contributed by atoms with van der Waals surface area (Å²) in [7, 11) is 0. The molecule has 0 spiro atoms. The third kappa shape index (κ3) is 3.69. The molecule has 6 heteroatoms. The van der Waals surface area contributed by atoms with Crippen molar-refractivity contribution in [3.63, 3.8) is 0 Å². The van der Waals surface area contributed by atoms with Crippen LogP contribution in [-0.4, -0.2) is 27.9 Å². The molecule has 0 aliphatic heterocycles. The summed E-state index contributed by atoms with van der Waals surface area (Å²) in [5.41, 5.74) is 0.277. The zero-order valence-corrected chi connectivity index (χ0v) is 9.00. The number of carboxylic acids is 1. The number of imide groups is 1. The summed E-state index contributed by atoms with van der Waals surface area (Å²) in [5, 5.41) is 8.85. The predicted molar refractivity (Wildman–Crippen MR) is 58.7 cm³/mol. The number of carbonyl (C=O) groups excluding carboxylic acids is 2. The van der Waals surface area contributed by atoms with Crippen LogP contribution < -0.4 is 5.84 Å². The van der Waals surface area contributed by atoms with Crippen molar-refractivity contribution in [2.75, 3.05) is 0 Å². The Labute approximate surface area is 97.6 Å². The quantitative estimate of drug-likeness (QED) is 0.447. The Morgan fingerprint density at radius 1 is 1.12 bits per heavy atom. The predicted octanol–water partition coefficient (Wildman–Crippen LogP) is 0.394. The number of nitrogens with zero attached hydrogens (tertiary/aromatic N) is 1. The molecule has 1 aromatic rings. The van der Waals surface area contributed by atoms with E-state index in [-0.39, 0.29) is 18.4 Å². The number of hydrogen-bond acceptors (Lipinski definition) is 4. The maximum absolute atomic E-state index is 11.7. The monoisotopic (exact) mass is 236 g/mol. The van der Waals surface area contributed by atoms with E-state index in [4.69, 9.17) is 10.9 Å². The van der Waals surface area contributed by atoms with Gasteiger partial charge in [0.25, 0.3) is 5.91 Å². The first-order valence-corrected chi connectivity index (χ1v) is 4.91. The molecule has 0 heterocycles. The molecule has 0 bridgehead atoms. The van der Waals surface area contributed by atoms with Gasteiger partial charge in [0.2, 0.25) is 5.91 Å². The molecular weight excluding hydrogens is 224 g/mol. The van der Waals surface area contributed by atoms with E-state index in [0.717, 1.165) is 0 Å². The molecule has 0 aromatic heterocycles. The summed E-state index contributed by atoms with van der Waals surface area (Å²) in [6, 6.07) is 8.05. The lowest BCUT2D eigenvalue weighted by Crippen LogP contribution is -2.42. The fraction of sp³-hybridized carbons (Fsp3) is 0.182. The van der Waals surface area contributed by atoms with Gasteiger partial charge in [-0.05, 0) is 12.1 Å². The molecule has 0 atom stereocenters. The van der Waals surface area contributed by atoms with Crippen LogP contribution >= 0.6 is 0 Å². The van der Waals surface area contributed by atoms with Gasteiger partial charge in [-0.1, -0.05) is 18.2 Å². The van der Waals surface area contributed by atoms with Crippen molar-refractivity contribution in [1.29, 1.82) is 0 Å². The molecule has 0 fully saturated rings. The normalized spacial score (nSPS) is 9.71. The van der Waals surface area contributed by atoms with Crippen LogP contribution in [0.3, 0.4) is 0 Å². The van der Waals surface area contributed by atoms with Crippen molar-refractivity contribution >= 4 is 17.8 Å². The van der Waals surface area contributed by atoms with Gasteiger partial charge in [0.1, 0.15) is 0 Å². The minimum Gasteiger partial charge on any atom is -0.481 e. The maximum atomic E-state index is 11.7. The Kier molecular flexibility index (Phi) is 4.36. The van der Waals surface area contributed by atoms with E-state index in [1.54, 1.807) is 18.2 Å². The van der Waals surface area contributed by atoms with E-state index >= 15 is 0 Å². The average molecular weight is 236 g/mol. The molecule has 2 amide bonds. The molecule has 0 unspecified atom stereocenters. The first-order chi connectivity index (χ1) is 8.02. The molecule has 3 N–H and O–H groups in total. The van der Waals surface area contributed by atoms with E-state index in [1.807, 2.05) is 0 Å². The van der Waals surface area contributed by atoms with Gasteiger partial charge in [0, 0.05) is 12.0 Å². The molecule has 17 heavy (non-hydrogen) atoms. The topological polar surface area (TPSA) is 101 Å². The van der Waals surface area contributed by atoms with Crippen molar-refractivity contribution in [2.24, 2.45) is 5.84 Å². The molecule has 90 valence electrons. The van der Waals surface area contributed by atoms with E-state index in [2.05, 4.69) is 0 Å². The SMILES string of the molecule is NN(C(=O)CCC(=O)O)C(=O)c1ccccc1. The Morgan fingerprint density at radius 2 is 1.71 bits per heavy atom. The lowest BCUT2D eigenvalue weighted by Gasteiger charge is -2.13. The van der Waals surface area contributed by atoms with Crippen LogP contribution in [0.5, 0.6) is 0 Å². The smallest absolute Gasteiger partial charge is 0.303 e. The van der Waals surface area contributed by atoms with Gasteiger partial charge in [-0.25, -0.2) is 10.9 Å². The fourth-order valence-corrected chi connectivity index (χ4v) is 1.17. The number of rotatable bonds is 4. The molecule has 0 aliphatic carbocycles. The number of amides is 2. The largest absolute Gasteiger partial charge is 0.481 e. The highest BCUT2D eigenvalue weighted by Gasteiger charge is 2.19. The molecular formula is C11H12N2O4. The van der Waals surface area contributed by atoms with E-state index in [9.17, 15) is 14.4 Å². The second-order valence-electron chi connectivity index (χ2n) is 3.33. The van der Waals surface area contributed by atoms with Crippen LogP contribution in [-0.2, 0) is 9.59 Å². The highest BCUT2D eigenvalue weighted by atomic mass is 16.4. The first-order valence-electron chi connectivity index (χ1n) is 4.91. The standard InChI is InChI=1S/C11H12N2O4/c12-13(9(14)6-7-10(15)16)11(17)8-4-2-1-3-5-8/h1-5H,6-7,12H2,(H,15,16). The van der Waals surface area contributed by atoms with E-state index in [0.29, 0.717) is 5.01 Å². The van der Waals surface area contributed by atoms with Crippen molar-refractivity contribution in [1.82, 2.24) is 5.01 Å². The molecule has 0 radical (unpaired) electrons. The van der Waals surface area contributed by atoms with Crippen LogP contribution in [0.4, 0.5) is 0 Å². The van der Waals surface area contributed by atoms with Crippen LogP contribution in [0.1, 0.15) is 23.2 Å². The van der Waals surface area contributed by atoms with Crippen molar-refractivity contribution in [3.8, 4) is 0 Å². The number of nitrogens with two attached hydrogens (primary N) is 1. The van der Waals surface area contributed by atoms with Gasteiger partial charge in [-0.3, -0.25) is 14.4 Å². The van der Waals surface area contributed by atoms with Gasteiger partial charge >= 0.3 is 5.97 Å². The second kappa shape index (κ2) is 5.76. The summed E-state index contributed by atoms with van der Waals surface area (Å²) >= 11 is 0. The number of hydrazine groups is 1. The van der Waals surface area contributed by atoms with Crippen LogP contribution in [0.25, 0.3) is 0 Å². The van der Waals surface area contributed by atoms with Gasteiger partial charge in [0.15, 0.2) is 0 Å². The van der Waals surface area contributed by atoms with E-state index in [1.165, 1.54) is 12.1 Å². The molecule has 1 aromatic carbocycles. The fourth-order valence-electron chi connectivity index (χ4n) is 1.17. The Bertz CT molecular complexity index is 430. The number of hydrogen-bond donors (Lipinski definition) is 2. The van der Waals surface area contributed by atoms with Gasteiger partial charge < -0.3 is 5.11 Å². The van der Waals surface area contributed by atoms with Crippen molar-refractivity contribution < 1.29 is 19.5 Å². The third-order valence-corrected chi connectivity index (χ3v) is 2.06. The number of carbonyl (C=O) groups is 3. The summed E-state index contributed by atoms with van der Waals surface area (Å²) < 4.78 is 0. The number of benzene rings is 1. The van der Waals surface area contributed by atoms with E-state index < -0.39 is 17.8 Å². The number of aliphatic carboxylic acids is 1. The van der Waals surface area contributed by atoms with Crippen LogP contribution in [0, 0.1) is 0 Å². The number of carboxylic acid groups (broad SMARTS) is 1. The lowest BCUT2D eigenvalue weighted by atomic mass is 10.2. The molecule has 0 saturated carbocycles. The average Bonchev–Trinajstić information content (AvgIpc) is 2.35. The van der Waals surface area contributed by atoms with Crippen LogP contribution in [0.15, 0.2) is 30.3 Å². The maximum Gasteiger partial charge on any atom is 0.303 e. The van der Waals surface area contributed by atoms with Gasteiger partial charge in [-0.15, -0.1) is 0 Å². The van der Waals surface area contributed by atoms with Crippen LogP contribution in [0.2, 0.25) is 0 Å². The summed E-state index contributed by atoms with van der Waals surface area (Å²) in [4.78, 5) is 33.3. The first kappa shape index (κ1) is 12.9. The Hall–Kier alpha value is -2.21. The van der Waals surface area contributed by atoms with Gasteiger partial charge in [0.05, 0.1) is 6.42 Å². The van der Waals surface area contributed by atoms with Crippen molar-refractivity contribution in [2.45, 2.75) is 12.8 Å². The Balaban J connectivity index is 2.64. The summed E-state index contributed by atoms with van der Waals surface area (Å²) in [5.74, 6) is 2.84. The molecule has 0 aliphatic rings. The highest BCUT2D eigenvalue weighted by molar-refractivity contribution is 6.04. The molecule has 0 saturated heterocycles. The zero-order chi connectivity index (χ0) is 12.8. The highest BCUT2D eigenvalue weighted by Crippen LogP contribution is 2.03. The third-order valence-electron chi connectivity index (χ3n) is 2.06. The van der Waals surface area contributed by atoms with Gasteiger partial charge in [-0.2, -0.15) is 0 Å². The van der Waals surface area contributed by atoms with Crippen molar-refractivity contribution in [3.05, 3.63) is 35.9 Å². The lowest BCUT2D eigenvalue weighted by molar-refractivity contribution is -0.140. The zero-order valence-electron chi connectivity index (χ0n) is 9.00. The molecule has 1 rings (SSSR count). The summed E-state index contributed by atoms with van der Waals surface area (Å²) in [6.45, 7) is 0. The molecule has 6 nitrogen and oxygen atoms in total. The second-order valence-corrected chi connectivity index (χ2v) is 3.33.